The van der Waals surface area contributed by atoms with Crippen LogP contribution in [0.4, 0.5) is 0 Å². The first-order valence-electron chi connectivity index (χ1n) is 4.86. The van der Waals surface area contributed by atoms with Gasteiger partial charge in [-0.15, -0.1) is 0 Å². The Morgan fingerprint density at radius 1 is 1.62 bits per heavy atom. The fourth-order valence-electron chi connectivity index (χ4n) is 1.74. The number of nitrogens with zero attached hydrogens (tertiary/aromatic N) is 1. The molecule has 0 saturated carbocycles. The van der Waals surface area contributed by atoms with E-state index in [1.54, 1.807) is 0 Å². The highest BCUT2D eigenvalue weighted by molar-refractivity contribution is 5.15. The molecule has 1 aliphatic rings. The van der Waals surface area contributed by atoms with E-state index < -0.39 is 17.4 Å². The van der Waals surface area contributed by atoms with Gasteiger partial charge in [0.05, 0.1) is 19.3 Å². The Balaban J connectivity index is 2.36. The summed E-state index contributed by atoms with van der Waals surface area (Å²) in [5.41, 5.74) is -0.304. The molecule has 2 rings (SSSR count). The molecule has 2 N–H and O–H groups in total. The fraction of sp³-hybridized carbons (Fsp3) is 0.400. The lowest BCUT2D eigenvalue weighted by Gasteiger charge is -2.13. The van der Waals surface area contributed by atoms with Crippen molar-refractivity contribution in [2.75, 3.05) is 13.2 Å². The van der Waals surface area contributed by atoms with Gasteiger partial charge in [-0.05, 0) is 5.57 Å². The Hall–Kier alpha value is -1.66. The molecule has 0 spiro atoms. The lowest BCUT2D eigenvalue weighted by atomic mass is 10.1. The van der Waals surface area contributed by atoms with Crippen molar-refractivity contribution in [2.45, 2.75) is 12.1 Å². The number of aromatic nitrogens is 2. The van der Waals surface area contributed by atoms with Crippen LogP contribution in [0.5, 0.6) is 0 Å². The van der Waals surface area contributed by atoms with E-state index in [0.29, 0.717) is 5.57 Å². The number of hydrogen-bond acceptors (Lipinski definition) is 4. The summed E-state index contributed by atoms with van der Waals surface area (Å²) in [6.45, 7) is 3.91. The first-order chi connectivity index (χ1) is 7.63. The number of H-pyrrole nitrogens is 1. The average Bonchev–Trinajstić information content (AvgIpc) is 2.60. The normalized spacial score (nSPS) is 24.9. The van der Waals surface area contributed by atoms with Crippen molar-refractivity contribution in [1.82, 2.24) is 9.55 Å². The summed E-state index contributed by atoms with van der Waals surface area (Å²) >= 11 is 0. The van der Waals surface area contributed by atoms with Crippen molar-refractivity contribution in [2.24, 2.45) is 0 Å². The van der Waals surface area contributed by atoms with Crippen LogP contribution in [0.3, 0.4) is 0 Å². The van der Waals surface area contributed by atoms with Crippen LogP contribution in [-0.4, -0.2) is 34.0 Å². The second kappa shape index (κ2) is 4.07. The van der Waals surface area contributed by atoms with E-state index >= 15 is 0 Å². The number of aliphatic hydroxyl groups is 1. The van der Waals surface area contributed by atoms with Gasteiger partial charge in [-0.25, -0.2) is 4.79 Å². The summed E-state index contributed by atoms with van der Waals surface area (Å²) in [7, 11) is 0. The van der Waals surface area contributed by atoms with E-state index in [0.717, 1.165) is 0 Å². The minimum atomic E-state index is -0.499. The Morgan fingerprint density at radius 2 is 2.38 bits per heavy atom. The second-order valence-electron chi connectivity index (χ2n) is 3.61. The quantitative estimate of drug-likeness (QED) is 0.633. The first kappa shape index (κ1) is 10.8. The molecule has 6 nitrogen and oxygen atoms in total. The number of aromatic amines is 1. The van der Waals surface area contributed by atoms with Gasteiger partial charge in [0.2, 0.25) is 0 Å². The third-order valence-electron chi connectivity index (χ3n) is 2.65. The van der Waals surface area contributed by atoms with Crippen LogP contribution in [0, 0.1) is 0 Å². The third kappa shape index (κ3) is 1.72. The van der Waals surface area contributed by atoms with Crippen LogP contribution in [0.15, 0.2) is 34.0 Å². The minimum absolute atomic E-state index is 0.159. The number of hydrogen-bond donors (Lipinski definition) is 2. The zero-order valence-electron chi connectivity index (χ0n) is 8.55. The molecule has 16 heavy (non-hydrogen) atoms. The van der Waals surface area contributed by atoms with Gasteiger partial charge in [-0.3, -0.25) is 14.3 Å². The number of ether oxygens (including phenoxy) is 1. The van der Waals surface area contributed by atoms with Gasteiger partial charge < -0.3 is 9.84 Å². The summed E-state index contributed by atoms with van der Waals surface area (Å²) in [5.74, 6) is 0. The van der Waals surface area contributed by atoms with Crippen LogP contribution in [-0.2, 0) is 4.74 Å². The zero-order valence-corrected chi connectivity index (χ0v) is 8.55. The molecule has 0 bridgehead atoms. The molecule has 0 unspecified atom stereocenters. The summed E-state index contributed by atoms with van der Waals surface area (Å²) in [5, 5.41) is 8.98. The molecular weight excluding hydrogens is 212 g/mol. The largest absolute Gasteiger partial charge is 0.393 e. The minimum Gasteiger partial charge on any atom is -0.393 e. The van der Waals surface area contributed by atoms with Crippen LogP contribution in [0.1, 0.15) is 6.04 Å². The lowest BCUT2D eigenvalue weighted by Crippen LogP contribution is -2.32. The van der Waals surface area contributed by atoms with Crippen LogP contribution >= 0.6 is 0 Å². The summed E-state index contributed by atoms with van der Waals surface area (Å²) in [6.07, 6.45) is 0.962. The lowest BCUT2D eigenvalue weighted by molar-refractivity contribution is 0.0686. The van der Waals surface area contributed by atoms with E-state index in [2.05, 4.69) is 11.6 Å². The molecule has 2 atom stereocenters. The van der Waals surface area contributed by atoms with E-state index in [-0.39, 0.29) is 19.3 Å². The maximum Gasteiger partial charge on any atom is 0.328 e. The van der Waals surface area contributed by atoms with Gasteiger partial charge in [0.15, 0.2) is 0 Å². The molecule has 0 radical (unpaired) electrons. The SMILES string of the molecule is C=C1[C@H](CO)OC[C@@H]1n1ccc(=O)[nH]c1=O. The number of aliphatic hydroxyl groups excluding tert-OH is 1. The summed E-state index contributed by atoms with van der Waals surface area (Å²) in [6, 6.07) is 0.933. The Morgan fingerprint density at radius 3 is 2.94 bits per heavy atom. The van der Waals surface area contributed by atoms with Crippen molar-refractivity contribution < 1.29 is 9.84 Å². The number of nitrogens with one attached hydrogen (secondary N) is 1. The fourth-order valence-corrected chi connectivity index (χ4v) is 1.74. The van der Waals surface area contributed by atoms with Gasteiger partial charge in [0.1, 0.15) is 6.10 Å². The van der Waals surface area contributed by atoms with Crippen LogP contribution in [0.25, 0.3) is 0 Å². The van der Waals surface area contributed by atoms with Crippen molar-refractivity contribution in [1.29, 1.82) is 0 Å². The predicted octanol–water partition coefficient (Wildman–Crippen LogP) is -0.975. The third-order valence-corrected chi connectivity index (χ3v) is 2.65. The first-order valence-corrected chi connectivity index (χ1v) is 4.86. The highest BCUT2D eigenvalue weighted by Crippen LogP contribution is 2.27. The maximum absolute atomic E-state index is 11.5. The second-order valence-corrected chi connectivity index (χ2v) is 3.61. The topological polar surface area (TPSA) is 84.3 Å². The average molecular weight is 224 g/mol. The van der Waals surface area contributed by atoms with Crippen LogP contribution < -0.4 is 11.2 Å². The molecule has 2 heterocycles. The molecule has 86 valence electrons. The molecule has 1 aromatic rings. The summed E-state index contributed by atoms with van der Waals surface area (Å²) in [4.78, 5) is 24.6. The molecule has 6 heteroatoms. The van der Waals surface area contributed by atoms with Crippen molar-refractivity contribution in [3.05, 3.63) is 45.3 Å². The van der Waals surface area contributed by atoms with Gasteiger partial charge in [-0.2, -0.15) is 0 Å². The zero-order chi connectivity index (χ0) is 11.7. The highest BCUT2D eigenvalue weighted by Gasteiger charge is 2.30. The van der Waals surface area contributed by atoms with Gasteiger partial charge in [0.25, 0.3) is 5.56 Å². The highest BCUT2D eigenvalue weighted by atomic mass is 16.5. The van der Waals surface area contributed by atoms with Crippen molar-refractivity contribution >= 4 is 0 Å². The Bertz CT molecular complexity index is 516. The monoisotopic (exact) mass is 224 g/mol. The van der Waals surface area contributed by atoms with E-state index in [1.807, 2.05) is 0 Å². The van der Waals surface area contributed by atoms with Gasteiger partial charge in [0, 0.05) is 12.3 Å². The Labute approximate surface area is 90.8 Å². The molecule has 0 amide bonds. The molecule has 1 aromatic heterocycles. The van der Waals surface area contributed by atoms with Gasteiger partial charge >= 0.3 is 5.69 Å². The molecular formula is C10H12N2O4. The van der Waals surface area contributed by atoms with E-state index in [1.165, 1.54) is 16.8 Å². The molecule has 0 aliphatic carbocycles. The van der Waals surface area contributed by atoms with E-state index in [9.17, 15) is 9.59 Å². The Kier molecular flexibility index (Phi) is 2.76. The smallest absolute Gasteiger partial charge is 0.328 e. The standard InChI is InChI=1S/C10H12N2O4/c1-6-7(5-16-8(6)4-13)12-3-2-9(14)11-10(12)15/h2-3,7-8,13H,1,4-5H2,(H,11,14,15)/t7-,8-/m0/s1. The maximum atomic E-state index is 11.5. The molecule has 1 aliphatic heterocycles. The van der Waals surface area contributed by atoms with Crippen molar-refractivity contribution in [3.8, 4) is 0 Å². The van der Waals surface area contributed by atoms with Crippen LogP contribution in [0.2, 0.25) is 0 Å². The summed E-state index contributed by atoms with van der Waals surface area (Å²) < 4.78 is 6.61. The van der Waals surface area contributed by atoms with Gasteiger partial charge in [-0.1, -0.05) is 6.58 Å². The molecule has 0 aromatic carbocycles. The van der Waals surface area contributed by atoms with E-state index in [4.69, 9.17) is 9.84 Å². The molecule has 1 fully saturated rings. The predicted molar refractivity (Wildman–Crippen MR) is 56.3 cm³/mol. The van der Waals surface area contributed by atoms with Crippen molar-refractivity contribution in [3.63, 3.8) is 0 Å². The number of rotatable bonds is 2. The molecule has 1 saturated heterocycles.